The Labute approximate surface area is 110 Å². The molecule has 0 saturated heterocycles. The number of alkyl halides is 2. The molecular weight excluding hydrogens is 234 g/mol. The highest BCUT2D eigenvalue weighted by Gasteiger charge is 2.36. The predicted molar refractivity (Wildman–Crippen MR) is 72.2 cm³/mol. The van der Waals surface area contributed by atoms with Crippen LogP contribution in [0.15, 0.2) is 0 Å². The number of nitrogens with zero attached hydrogens (tertiary/aromatic N) is 1. The number of rotatable bonds is 5. The van der Waals surface area contributed by atoms with Gasteiger partial charge in [-0.05, 0) is 46.6 Å². The molecule has 2 nitrogen and oxygen atoms in total. The minimum absolute atomic E-state index is 0.0735. The molecule has 1 saturated carbocycles. The van der Waals surface area contributed by atoms with E-state index in [4.69, 9.17) is 0 Å². The van der Waals surface area contributed by atoms with Gasteiger partial charge in [0.1, 0.15) is 0 Å². The molecule has 0 spiro atoms. The number of nitrogens with one attached hydrogen (secondary N) is 1. The molecule has 0 bridgehead atoms. The Balaban J connectivity index is 2.21. The first-order valence-electron chi connectivity index (χ1n) is 6.99. The largest absolute Gasteiger partial charge is 0.311 e. The molecule has 1 aliphatic carbocycles. The highest BCUT2D eigenvalue weighted by atomic mass is 19.3. The fourth-order valence-electron chi connectivity index (χ4n) is 2.59. The maximum atomic E-state index is 13.3. The molecule has 1 aliphatic rings. The Morgan fingerprint density at radius 1 is 1.33 bits per heavy atom. The van der Waals surface area contributed by atoms with E-state index in [0.29, 0.717) is 6.42 Å². The van der Waals surface area contributed by atoms with E-state index in [1.165, 1.54) is 0 Å². The second kappa shape index (κ2) is 6.29. The number of halogens is 2. The molecule has 1 fully saturated rings. The lowest BCUT2D eigenvalue weighted by Crippen LogP contribution is -2.42. The molecule has 0 aliphatic heterocycles. The molecule has 0 amide bonds. The summed E-state index contributed by atoms with van der Waals surface area (Å²) < 4.78 is 26.6. The van der Waals surface area contributed by atoms with Gasteiger partial charge in [-0.2, -0.15) is 0 Å². The molecule has 108 valence electrons. The van der Waals surface area contributed by atoms with Crippen LogP contribution in [0.3, 0.4) is 0 Å². The van der Waals surface area contributed by atoms with Crippen LogP contribution in [-0.2, 0) is 0 Å². The molecule has 1 unspecified atom stereocenters. The lowest BCUT2D eigenvalue weighted by atomic mass is 9.86. The summed E-state index contributed by atoms with van der Waals surface area (Å²) in [6.45, 7) is 9.02. The van der Waals surface area contributed by atoms with Crippen LogP contribution in [-0.4, -0.2) is 43.0 Å². The van der Waals surface area contributed by atoms with Crippen molar-refractivity contribution in [2.45, 2.75) is 57.9 Å². The summed E-state index contributed by atoms with van der Waals surface area (Å²) in [5, 5.41) is 3.42. The summed E-state index contributed by atoms with van der Waals surface area (Å²) >= 11 is 0. The Hall–Kier alpha value is -0.220. The van der Waals surface area contributed by atoms with Gasteiger partial charge in [0.2, 0.25) is 5.92 Å². The van der Waals surface area contributed by atoms with Crippen molar-refractivity contribution in [1.82, 2.24) is 10.2 Å². The van der Waals surface area contributed by atoms with Crippen molar-refractivity contribution in [2.24, 2.45) is 5.92 Å². The van der Waals surface area contributed by atoms with Crippen LogP contribution in [0.5, 0.6) is 0 Å². The van der Waals surface area contributed by atoms with Crippen molar-refractivity contribution in [3.8, 4) is 0 Å². The van der Waals surface area contributed by atoms with Gasteiger partial charge in [-0.25, -0.2) is 8.78 Å². The van der Waals surface area contributed by atoms with E-state index in [0.717, 1.165) is 26.1 Å². The normalized spacial score (nSPS) is 24.5. The van der Waals surface area contributed by atoms with E-state index >= 15 is 0 Å². The van der Waals surface area contributed by atoms with Crippen molar-refractivity contribution in [1.29, 1.82) is 0 Å². The Bertz CT molecular complexity index is 249. The second-order valence-electron chi connectivity index (χ2n) is 6.76. The Morgan fingerprint density at radius 2 is 2.00 bits per heavy atom. The summed E-state index contributed by atoms with van der Waals surface area (Å²) in [5.74, 6) is -2.26. The van der Waals surface area contributed by atoms with Gasteiger partial charge >= 0.3 is 0 Å². The van der Waals surface area contributed by atoms with Gasteiger partial charge < -0.3 is 10.2 Å². The minimum atomic E-state index is -2.42. The summed E-state index contributed by atoms with van der Waals surface area (Å²) in [6.07, 6.45) is 1.78. The zero-order valence-corrected chi connectivity index (χ0v) is 12.2. The van der Waals surface area contributed by atoms with Gasteiger partial charge in [0.05, 0.1) is 0 Å². The van der Waals surface area contributed by atoms with Crippen molar-refractivity contribution >= 4 is 0 Å². The third-order valence-electron chi connectivity index (χ3n) is 3.46. The maximum absolute atomic E-state index is 13.3. The van der Waals surface area contributed by atoms with Crippen LogP contribution in [0, 0.1) is 5.92 Å². The smallest absolute Gasteiger partial charge is 0.248 e. The predicted octanol–water partition coefficient (Wildman–Crippen LogP) is 3.13. The monoisotopic (exact) mass is 262 g/mol. The first-order chi connectivity index (χ1) is 8.18. The standard InChI is InChI=1S/C14H28F2N2/c1-13(2,3)17-8-9-18(4)11-12-6-5-7-14(15,16)10-12/h12,17H,5-11H2,1-4H3. The van der Waals surface area contributed by atoms with E-state index in [9.17, 15) is 8.78 Å². The van der Waals surface area contributed by atoms with Gasteiger partial charge in [-0.15, -0.1) is 0 Å². The van der Waals surface area contributed by atoms with Crippen LogP contribution < -0.4 is 5.32 Å². The van der Waals surface area contributed by atoms with Crippen LogP contribution in [0.4, 0.5) is 8.78 Å². The van der Waals surface area contributed by atoms with Crippen LogP contribution in [0.2, 0.25) is 0 Å². The average molecular weight is 262 g/mol. The maximum Gasteiger partial charge on any atom is 0.248 e. The van der Waals surface area contributed by atoms with Gasteiger partial charge in [0, 0.05) is 38.0 Å². The molecular formula is C14H28F2N2. The summed E-state index contributed by atoms with van der Waals surface area (Å²) in [4.78, 5) is 2.17. The molecule has 0 radical (unpaired) electrons. The van der Waals surface area contributed by atoms with E-state index in [1.807, 2.05) is 7.05 Å². The van der Waals surface area contributed by atoms with Crippen LogP contribution in [0.1, 0.15) is 46.5 Å². The number of likely N-dealkylation sites (N-methyl/N-ethyl adjacent to an activating group) is 1. The quantitative estimate of drug-likeness (QED) is 0.819. The molecule has 18 heavy (non-hydrogen) atoms. The van der Waals surface area contributed by atoms with Crippen molar-refractivity contribution in [3.63, 3.8) is 0 Å². The number of hydrogen-bond donors (Lipinski definition) is 1. The summed E-state index contributed by atoms with van der Waals surface area (Å²) in [7, 11) is 2.02. The first-order valence-corrected chi connectivity index (χ1v) is 6.99. The highest BCUT2D eigenvalue weighted by molar-refractivity contribution is 4.80. The van der Waals surface area contributed by atoms with Crippen LogP contribution in [0.25, 0.3) is 0 Å². The molecule has 0 aromatic carbocycles. The lowest BCUT2D eigenvalue weighted by molar-refractivity contribution is -0.0559. The van der Waals surface area contributed by atoms with Crippen LogP contribution >= 0.6 is 0 Å². The van der Waals surface area contributed by atoms with E-state index < -0.39 is 5.92 Å². The van der Waals surface area contributed by atoms with Gasteiger partial charge in [0.25, 0.3) is 0 Å². The number of hydrogen-bond acceptors (Lipinski definition) is 2. The molecule has 0 aromatic heterocycles. The SMILES string of the molecule is CN(CCNC(C)(C)C)CC1CCCC(F)(F)C1. The van der Waals surface area contributed by atoms with E-state index in [1.54, 1.807) is 0 Å². The fraction of sp³-hybridized carbons (Fsp3) is 1.00. The van der Waals surface area contributed by atoms with E-state index in [-0.39, 0.29) is 24.3 Å². The molecule has 1 N–H and O–H groups in total. The molecule has 0 aromatic rings. The molecule has 4 heteroatoms. The minimum Gasteiger partial charge on any atom is -0.311 e. The molecule has 0 heterocycles. The van der Waals surface area contributed by atoms with Gasteiger partial charge in [-0.3, -0.25) is 0 Å². The Kier molecular flexibility index (Phi) is 5.53. The van der Waals surface area contributed by atoms with Crippen molar-refractivity contribution in [3.05, 3.63) is 0 Å². The fourth-order valence-corrected chi connectivity index (χ4v) is 2.59. The van der Waals surface area contributed by atoms with Crippen molar-refractivity contribution < 1.29 is 8.78 Å². The lowest BCUT2D eigenvalue weighted by Gasteiger charge is -2.32. The Morgan fingerprint density at radius 3 is 2.56 bits per heavy atom. The molecule has 1 atom stereocenters. The second-order valence-corrected chi connectivity index (χ2v) is 6.76. The van der Waals surface area contributed by atoms with Crippen molar-refractivity contribution in [2.75, 3.05) is 26.7 Å². The third kappa shape index (κ3) is 6.64. The average Bonchev–Trinajstić information content (AvgIpc) is 2.13. The zero-order chi connectivity index (χ0) is 13.8. The molecule has 1 rings (SSSR count). The van der Waals surface area contributed by atoms with Gasteiger partial charge in [-0.1, -0.05) is 0 Å². The van der Waals surface area contributed by atoms with Gasteiger partial charge in [0.15, 0.2) is 0 Å². The first kappa shape index (κ1) is 15.8. The topological polar surface area (TPSA) is 15.3 Å². The summed E-state index contributed by atoms with van der Waals surface area (Å²) in [6, 6.07) is 0. The van der Waals surface area contributed by atoms with E-state index in [2.05, 4.69) is 31.0 Å². The third-order valence-corrected chi connectivity index (χ3v) is 3.46. The highest BCUT2D eigenvalue weighted by Crippen LogP contribution is 2.36. The summed E-state index contributed by atoms with van der Waals surface area (Å²) in [5.41, 5.74) is 0.124. The zero-order valence-electron chi connectivity index (χ0n) is 12.2.